The fraction of sp³-hybridized carbons (Fsp3) is 0.400. The standard InChI is InChI=1S/C20H19F8NO/c1-12-5-3-8-16(9-12)29(13(2)17(30)19(23,24)25)11-14-6-4-7-15(10-14)18(21,22)20(26,27)28/h3-10,13,17,30H,11H2,1-2H3. The van der Waals surface area contributed by atoms with E-state index in [-0.39, 0.29) is 11.3 Å². The molecule has 0 aliphatic rings. The molecule has 30 heavy (non-hydrogen) atoms. The summed E-state index contributed by atoms with van der Waals surface area (Å²) in [6, 6.07) is 8.07. The first-order valence-electron chi connectivity index (χ1n) is 8.76. The number of hydrogen-bond acceptors (Lipinski definition) is 2. The molecule has 0 aliphatic carbocycles. The Labute approximate surface area is 167 Å². The van der Waals surface area contributed by atoms with Crippen molar-refractivity contribution in [3.05, 3.63) is 65.2 Å². The minimum Gasteiger partial charge on any atom is -0.382 e. The van der Waals surface area contributed by atoms with E-state index in [0.717, 1.165) is 17.9 Å². The first kappa shape index (κ1) is 23.9. The average Bonchev–Trinajstić information content (AvgIpc) is 2.63. The summed E-state index contributed by atoms with van der Waals surface area (Å²) in [5.41, 5.74) is -0.456. The number of aryl methyl sites for hydroxylation is 1. The smallest absolute Gasteiger partial charge is 0.382 e. The minimum atomic E-state index is -5.82. The van der Waals surface area contributed by atoms with Crippen molar-refractivity contribution in [2.75, 3.05) is 4.90 Å². The number of hydrogen-bond donors (Lipinski definition) is 1. The van der Waals surface area contributed by atoms with Crippen molar-refractivity contribution in [2.45, 2.75) is 50.8 Å². The largest absolute Gasteiger partial charge is 0.458 e. The summed E-state index contributed by atoms with van der Waals surface area (Å²) in [4.78, 5) is 1.11. The zero-order valence-corrected chi connectivity index (χ0v) is 15.9. The summed E-state index contributed by atoms with van der Waals surface area (Å²) in [5, 5.41) is 9.69. The number of alkyl halides is 8. The lowest BCUT2D eigenvalue weighted by Gasteiger charge is -2.35. The molecule has 0 saturated heterocycles. The van der Waals surface area contributed by atoms with E-state index in [1.165, 1.54) is 18.2 Å². The van der Waals surface area contributed by atoms with Crippen LogP contribution in [0.4, 0.5) is 40.8 Å². The van der Waals surface area contributed by atoms with Gasteiger partial charge in [0.05, 0.1) is 6.04 Å². The number of aliphatic hydroxyl groups excluding tert-OH is 1. The molecule has 2 aromatic rings. The molecule has 2 rings (SSSR count). The van der Waals surface area contributed by atoms with Crippen LogP contribution in [-0.2, 0) is 12.5 Å². The molecule has 0 amide bonds. The van der Waals surface area contributed by atoms with Crippen LogP contribution < -0.4 is 4.90 Å². The Bertz CT molecular complexity index is 862. The molecule has 166 valence electrons. The Morgan fingerprint density at radius 1 is 0.900 bits per heavy atom. The van der Waals surface area contributed by atoms with Crippen LogP contribution in [0.2, 0.25) is 0 Å². The molecule has 2 aromatic carbocycles. The second-order valence-electron chi connectivity index (χ2n) is 6.97. The van der Waals surface area contributed by atoms with Gasteiger partial charge in [-0.3, -0.25) is 0 Å². The predicted octanol–water partition coefficient (Wildman–Crippen LogP) is 5.97. The van der Waals surface area contributed by atoms with Gasteiger partial charge >= 0.3 is 18.3 Å². The predicted molar refractivity (Wildman–Crippen MR) is 95.3 cm³/mol. The second kappa shape index (κ2) is 8.41. The van der Waals surface area contributed by atoms with E-state index in [2.05, 4.69) is 0 Å². The van der Waals surface area contributed by atoms with Crippen molar-refractivity contribution in [1.82, 2.24) is 0 Å². The zero-order valence-electron chi connectivity index (χ0n) is 15.9. The number of nitrogens with zero attached hydrogens (tertiary/aromatic N) is 1. The van der Waals surface area contributed by atoms with Gasteiger partial charge in [0.1, 0.15) is 0 Å². The summed E-state index contributed by atoms with van der Waals surface area (Å²) in [7, 11) is 0. The first-order valence-corrected chi connectivity index (χ1v) is 8.76. The number of anilines is 1. The highest BCUT2D eigenvalue weighted by atomic mass is 19.4. The number of aliphatic hydroxyl groups is 1. The van der Waals surface area contributed by atoms with Crippen molar-refractivity contribution >= 4 is 5.69 Å². The average molecular weight is 441 g/mol. The van der Waals surface area contributed by atoms with Gasteiger partial charge < -0.3 is 10.0 Å². The van der Waals surface area contributed by atoms with Crippen molar-refractivity contribution in [1.29, 1.82) is 0 Å². The van der Waals surface area contributed by atoms with E-state index in [0.29, 0.717) is 17.7 Å². The summed E-state index contributed by atoms with van der Waals surface area (Å²) in [5.74, 6) is -5.12. The molecule has 0 saturated carbocycles. The van der Waals surface area contributed by atoms with Gasteiger partial charge in [0.2, 0.25) is 0 Å². The fourth-order valence-electron chi connectivity index (χ4n) is 2.95. The van der Waals surface area contributed by atoms with Crippen LogP contribution in [-0.4, -0.2) is 29.6 Å². The van der Waals surface area contributed by atoms with Crippen LogP contribution in [0.25, 0.3) is 0 Å². The van der Waals surface area contributed by atoms with Crippen LogP contribution in [0.5, 0.6) is 0 Å². The fourth-order valence-corrected chi connectivity index (χ4v) is 2.95. The molecular formula is C20H19F8NO. The number of rotatable bonds is 6. The summed E-state index contributed by atoms with van der Waals surface area (Å²) < 4.78 is 104. The van der Waals surface area contributed by atoms with Crippen molar-refractivity contribution in [3.8, 4) is 0 Å². The van der Waals surface area contributed by atoms with Crippen molar-refractivity contribution in [3.63, 3.8) is 0 Å². The Hall–Kier alpha value is -2.36. The van der Waals surface area contributed by atoms with E-state index >= 15 is 0 Å². The monoisotopic (exact) mass is 441 g/mol. The molecule has 0 aliphatic heterocycles. The van der Waals surface area contributed by atoms with E-state index in [9.17, 15) is 40.2 Å². The maximum Gasteiger partial charge on any atom is 0.458 e. The van der Waals surface area contributed by atoms with Crippen molar-refractivity contribution < 1.29 is 40.2 Å². The normalized spacial score (nSPS) is 15.0. The van der Waals surface area contributed by atoms with Gasteiger partial charge in [0.25, 0.3) is 0 Å². The second-order valence-corrected chi connectivity index (χ2v) is 6.97. The number of halogens is 8. The van der Waals surface area contributed by atoms with Gasteiger partial charge in [-0.1, -0.05) is 30.3 Å². The molecule has 0 spiro atoms. The lowest BCUT2D eigenvalue weighted by molar-refractivity contribution is -0.289. The third-order valence-electron chi connectivity index (χ3n) is 4.62. The Kier molecular flexibility index (Phi) is 6.70. The van der Waals surface area contributed by atoms with Gasteiger partial charge in [-0.15, -0.1) is 0 Å². The lowest BCUT2D eigenvalue weighted by atomic mass is 10.0. The molecule has 0 fully saturated rings. The molecule has 0 radical (unpaired) electrons. The quantitative estimate of drug-likeness (QED) is 0.559. The maximum atomic E-state index is 13.7. The highest BCUT2D eigenvalue weighted by Crippen LogP contribution is 2.44. The molecule has 2 nitrogen and oxygen atoms in total. The van der Waals surface area contributed by atoms with Crippen LogP contribution >= 0.6 is 0 Å². The lowest BCUT2D eigenvalue weighted by Crippen LogP contribution is -2.48. The SMILES string of the molecule is Cc1cccc(N(Cc2cccc(C(F)(F)C(F)(F)F)c2)C(C)C(O)C(F)(F)F)c1. The van der Waals surface area contributed by atoms with Gasteiger partial charge in [0.15, 0.2) is 6.10 Å². The summed E-state index contributed by atoms with van der Waals surface area (Å²) >= 11 is 0. The van der Waals surface area contributed by atoms with Crippen LogP contribution in [0.15, 0.2) is 48.5 Å². The van der Waals surface area contributed by atoms with E-state index in [1.54, 1.807) is 19.1 Å². The molecule has 2 unspecified atom stereocenters. The molecule has 2 atom stereocenters. The van der Waals surface area contributed by atoms with Crippen LogP contribution in [0.3, 0.4) is 0 Å². The van der Waals surface area contributed by atoms with Gasteiger partial charge in [-0.25, -0.2) is 0 Å². The van der Waals surface area contributed by atoms with E-state index in [1.807, 2.05) is 0 Å². The summed E-state index contributed by atoms with van der Waals surface area (Å²) in [6.07, 6.45) is -13.5. The zero-order chi connectivity index (χ0) is 22.9. The Morgan fingerprint density at radius 3 is 2.03 bits per heavy atom. The van der Waals surface area contributed by atoms with Crippen LogP contribution in [0.1, 0.15) is 23.6 Å². The van der Waals surface area contributed by atoms with Gasteiger partial charge in [-0.2, -0.15) is 35.1 Å². The molecule has 0 heterocycles. The molecule has 0 bridgehead atoms. The van der Waals surface area contributed by atoms with E-state index < -0.39 is 42.5 Å². The Morgan fingerprint density at radius 2 is 1.50 bits per heavy atom. The molecule has 10 heteroatoms. The van der Waals surface area contributed by atoms with Gasteiger partial charge in [-0.05, 0) is 43.2 Å². The number of benzene rings is 2. The summed E-state index contributed by atoms with van der Waals surface area (Å²) in [6.45, 7) is 2.34. The first-order chi connectivity index (χ1) is 13.6. The highest BCUT2D eigenvalue weighted by Gasteiger charge is 2.58. The molecule has 0 aromatic heterocycles. The van der Waals surface area contributed by atoms with E-state index in [4.69, 9.17) is 0 Å². The van der Waals surface area contributed by atoms with Gasteiger partial charge in [0, 0.05) is 17.8 Å². The topological polar surface area (TPSA) is 23.5 Å². The van der Waals surface area contributed by atoms with Crippen LogP contribution in [0, 0.1) is 6.92 Å². The third kappa shape index (κ3) is 5.21. The minimum absolute atomic E-state index is 0.0702. The third-order valence-corrected chi connectivity index (χ3v) is 4.62. The Balaban J connectivity index is 2.46. The molecular weight excluding hydrogens is 422 g/mol. The molecule has 1 N–H and O–H groups in total. The maximum absolute atomic E-state index is 13.7. The highest BCUT2D eigenvalue weighted by molar-refractivity contribution is 5.50. The van der Waals surface area contributed by atoms with Crippen molar-refractivity contribution in [2.24, 2.45) is 0 Å².